The van der Waals surface area contributed by atoms with Gasteiger partial charge in [0.25, 0.3) is 0 Å². The maximum absolute atomic E-state index is 12.5. The van der Waals surface area contributed by atoms with Crippen molar-refractivity contribution in [2.45, 2.75) is 59.3 Å². The molecule has 0 fully saturated rings. The summed E-state index contributed by atoms with van der Waals surface area (Å²) in [6.07, 6.45) is 1.00. The summed E-state index contributed by atoms with van der Waals surface area (Å²) in [5.74, 6) is 1.35. The third-order valence-corrected chi connectivity index (χ3v) is 5.26. The number of carbonyl (C=O) groups is 2. The number of benzene rings is 2. The molecule has 11 nitrogen and oxygen atoms in total. The van der Waals surface area contributed by atoms with E-state index in [1.165, 1.54) is 6.33 Å². The maximum Gasteiger partial charge on any atom is 0.407 e. The minimum Gasteiger partial charge on any atom is -0.495 e. The van der Waals surface area contributed by atoms with E-state index in [2.05, 4.69) is 31.2 Å². The standard InChI is InChI=1S/C30H40N6O5/c1-29(2,3)40-27(37)21-9-8-10-22(16-21)35-25-17-26(34-19-33-25)36-23-15-20(11-12-24(23)39-7)18-31-13-14-32-28(38)41-30(4,5)6/h8-12,15-17,19,31H,13-14,18H2,1-7H3,(H,32,38)(H2,33,34,35,36). The van der Waals surface area contributed by atoms with Gasteiger partial charge in [-0.1, -0.05) is 12.1 Å². The lowest BCUT2D eigenvalue weighted by molar-refractivity contribution is 0.00692. The summed E-state index contributed by atoms with van der Waals surface area (Å²) in [7, 11) is 1.60. The van der Waals surface area contributed by atoms with Gasteiger partial charge in [-0.15, -0.1) is 0 Å². The smallest absolute Gasteiger partial charge is 0.407 e. The molecule has 0 aliphatic carbocycles. The molecule has 0 saturated carbocycles. The largest absolute Gasteiger partial charge is 0.495 e. The number of hydrogen-bond donors (Lipinski definition) is 4. The maximum atomic E-state index is 12.5. The van der Waals surface area contributed by atoms with Crippen LogP contribution >= 0.6 is 0 Å². The van der Waals surface area contributed by atoms with Crippen LogP contribution in [0.25, 0.3) is 0 Å². The quantitative estimate of drug-likeness (QED) is 0.174. The van der Waals surface area contributed by atoms with E-state index in [9.17, 15) is 9.59 Å². The molecule has 0 aliphatic rings. The van der Waals surface area contributed by atoms with Crippen molar-refractivity contribution in [2.24, 2.45) is 0 Å². The normalized spacial score (nSPS) is 11.4. The zero-order chi connectivity index (χ0) is 30.0. The van der Waals surface area contributed by atoms with Gasteiger partial charge in [0.2, 0.25) is 0 Å². The summed E-state index contributed by atoms with van der Waals surface area (Å²) in [6.45, 7) is 12.6. The molecular weight excluding hydrogens is 524 g/mol. The Bertz CT molecular complexity index is 1330. The van der Waals surface area contributed by atoms with E-state index in [-0.39, 0.29) is 0 Å². The van der Waals surface area contributed by atoms with Gasteiger partial charge in [0.15, 0.2) is 0 Å². The topological polar surface area (TPSA) is 136 Å². The molecule has 0 unspecified atom stereocenters. The van der Waals surface area contributed by atoms with E-state index in [0.29, 0.717) is 48.3 Å². The Morgan fingerprint density at radius 1 is 0.829 bits per heavy atom. The number of anilines is 4. The van der Waals surface area contributed by atoms with E-state index in [1.54, 1.807) is 31.4 Å². The number of carbonyl (C=O) groups excluding carboxylic acids is 2. The molecule has 3 aromatic rings. The summed E-state index contributed by atoms with van der Waals surface area (Å²) in [4.78, 5) is 32.9. The molecule has 4 N–H and O–H groups in total. The average Bonchev–Trinajstić information content (AvgIpc) is 2.87. The Hall–Kier alpha value is -4.38. The highest BCUT2D eigenvalue weighted by atomic mass is 16.6. The fourth-order valence-corrected chi connectivity index (χ4v) is 3.60. The zero-order valence-corrected chi connectivity index (χ0v) is 24.8. The second-order valence-corrected chi connectivity index (χ2v) is 11.3. The minimum absolute atomic E-state index is 0.396. The van der Waals surface area contributed by atoms with Crippen molar-refractivity contribution >= 4 is 35.1 Å². The molecule has 0 spiro atoms. The average molecular weight is 565 g/mol. The summed E-state index contributed by atoms with van der Waals surface area (Å²) >= 11 is 0. The molecule has 0 bridgehead atoms. The predicted molar refractivity (Wildman–Crippen MR) is 159 cm³/mol. The van der Waals surface area contributed by atoms with Crippen LogP contribution in [0.1, 0.15) is 57.5 Å². The van der Waals surface area contributed by atoms with Gasteiger partial charge in [-0.3, -0.25) is 0 Å². The molecule has 0 aliphatic heterocycles. The van der Waals surface area contributed by atoms with Crippen molar-refractivity contribution in [3.05, 3.63) is 66.0 Å². The van der Waals surface area contributed by atoms with E-state index in [1.807, 2.05) is 65.8 Å². The van der Waals surface area contributed by atoms with E-state index in [0.717, 1.165) is 11.3 Å². The Labute approximate surface area is 241 Å². The summed E-state index contributed by atoms with van der Waals surface area (Å²) in [5.41, 5.74) is 1.75. The van der Waals surface area contributed by atoms with Gasteiger partial charge in [-0.2, -0.15) is 0 Å². The van der Waals surface area contributed by atoms with Gasteiger partial charge in [0, 0.05) is 31.4 Å². The number of amides is 1. The Kier molecular flexibility index (Phi) is 10.5. The number of aromatic nitrogens is 2. The van der Waals surface area contributed by atoms with E-state index in [4.69, 9.17) is 14.2 Å². The van der Waals surface area contributed by atoms with Gasteiger partial charge in [0.1, 0.15) is 34.9 Å². The van der Waals surface area contributed by atoms with Crippen LogP contribution in [-0.2, 0) is 16.0 Å². The van der Waals surface area contributed by atoms with Crippen molar-refractivity contribution in [1.82, 2.24) is 20.6 Å². The molecule has 2 aromatic carbocycles. The Morgan fingerprint density at radius 3 is 2.22 bits per heavy atom. The molecule has 0 radical (unpaired) electrons. The number of nitrogens with one attached hydrogen (secondary N) is 4. The highest BCUT2D eigenvalue weighted by Gasteiger charge is 2.18. The van der Waals surface area contributed by atoms with Crippen molar-refractivity contribution in [2.75, 3.05) is 30.8 Å². The fourth-order valence-electron chi connectivity index (χ4n) is 3.60. The van der Waals surface area contributed by atoms with Gasteiger partial charge in [-0.25, -0.2) is 19.6 Å². The van der Waals surface area contributed by atoms with Crippen LogP contribution in [0.3, 0.4) is 0 Å². The highest BCUT2D eigenvalue weighted by molar-refractivity contribution is 5.91. The lowest BCUT2D eigenvalue weighted by atomic mass is 10.1. The van der Waals surface area contributed by atoms with Crippen LogP contribution in [0.5, 0.6) is 5.75 Å². The third-order valence-electron chi connectivity index (χ3n) is 5.26. The van der Waals surface area contributed by atoms with E-state index >= 15 is 0 Å². The number of rotatable bonds is 11. The molecular formula is C30H40N6O5. The highest BCUT2D eigenvalue weighted by Crippen LogP contribution is 2.29. The summed E-state index contributed by atoms with van der Waals surface area (Å²) in [5, 5.41) is 12.5. The number of hydrogen-bond acceptors (Lipinski definition) is 10. The fraction of sp³-hybridized carbons (Fsp3) is 0.400. The van der Waals surface area contributed by atoms with Crippen LogP contribution in [0.15, 0.2) is 54.9 Å². The molecule has 1 aromatic heterocycles. The van der Waals surface area contributed by atoms with Crippen molar-refractivity contribution in [3.63, 3.8) is 0 Å². The SMILES string of the molecule is COc1ccc(CNCCNC(=O)OC(C)(C)C)cc1Nc1cc(Nc2cccc(C(=O)OC(C)(C)C)c2)ncn1. The minimum atomic E-state index is -0.582. The Morgan fingerprint density at radius 2 is 1.54 bits per heavy atom. The van der Waals surface area contributed by atoms with Crippen LogP contribution in [0, 0.1) is 0 Å². The number of ether oxygens (including phenoxy) is 3. The van der Waals surface area contributed by atoms with Crippen molar-refractivity contribution in [3.8, 4) is 5.75 Å². The molecule has 41 heavy (non-hydrogen) atoms. The lowest BCUT2D eigenvalue weighted by Crippen LogP contribution is -2.36. The Balaban J connectivity index is 1.61. The molecule has 3 rings (SSSR count). The van der Waals surface area contributed by atoms with Crippen LogP contribution in [0.4, 0.5) is 27.8 Å². The number of esters is 1. The predicted octanol–water partition coefficient (Wildman–Crippen LogP) is 5.54. The first-order chi connectivity index (χ1) is 19.3. The number of alkyl carbamates (subject to hydrolysis) is 1. The number of methoxy groups -OCH3 is 1. The van der Waals surface area contributed by atoms with Crippen LogP contribution < -0.4 is 26.0 Å². The molecule has 11 heteroatoms. The zero-order valence-electron chi connectivity index (χ0n) is 24.8. The second kappa shape index (κ2) is 13.8. The lowest BCUT2D eigenvalue weighted by Gasteiger charge is -2.19. The molecule has 1 heterocycles. The number of nitrogens with zero attached hydrogens (tertiary/aromatic N) is 2. The van der Waals surface area contributed by atoms with Crippen LogP contribution in [0.2, 0.25) is 0 Å². The first-order valence-corrected chi connectivity index (χ1v) is 13.4. The molecule has 220 valence electrons. The second-order valence-electron chi connectivity index (χ2n) is 11.3. The molecule has 0 saturated heterocycles. The molecule has 0 atom stereocenters. The monoisotopic (exact) mass is 564 g/mol. The van der Waals surface area contributed by atoms with Gasteiger partial charge in [0.05, 0.1) is 18.4 Å². The van der Waals surface area contributed by atoms with Crippen LogP contribution in [-0.4, -0.2) is 53.4 Å². The van der Waals surface area contributed by atoms with Gasteiger partial charge >= 0.3 is 12.1 Å². The summed E-state index contributed by atoms with van der Waals surface area (Å²) < 4.78 is 16.2. The molecule has 1 amide bonds. The van der Waals surface area contributed by atoms with E-state index < -0.39 is 23.3 Å². The van der Waals surface area contributed by atoms with Gasteiger partial charge in [-0.05, 0) is 77.4 Å². The van der Waals surface area contributed by atoms with Crippen molar-refractivity contribution < 1.29 is 23.8 Å². The first-order valence-electron chi connectivity index (χ1n) is 13.4. The van der Waals surface area contributed by atoms with Crippen molar-refractivity contribution in [1.29, 1.82) is 0 Å². The van der Waals surface area contributed by atoms with Gasteiger partial charge < -0.3 is 35.5 Å². The third kappa shape index (κ3) is 11.0. The summed E-state index contributed by atoms with van der Waals surface area (Å²) in [6, 6.07) is 14.6. The first kappa shape index (κ1) is 31.2.